The lowest BCUT2D eigenvalue weighted by Gasteiger charge is -2.19. The molecule has 0 aliphatic heterocycles. The SMILES string of the molecule is COc1cc(-c2nnc(SC(C)C(=O)Nc3ccc(C(C)(C)C)cc3)o2)cc(OC)c1OC. The van der Waals surface area contributed by atoms with Gasteiger partial charge in [0.1, 0.15) is 0 Å². The fourth-order valence-corrected chi connectivity index (χ4v) is 3.76. The van der Waals surface area contributed by atoms with Gasteiger partial charge in [0.2, 0.25) is 17.5 Å². The van der Waals surface area contributed by atoms with Crippen LogP contribution in [0.5, 0.6) is 17.2 Å². The Bertz CT molecular complexity index is 1080. The Morgan fingerprint density at radius 1 is 1.00 bits per heavy atom. The van der Waals surface area contributed by atoms with Crippen molar-refractivity contribution in [3.8, 4) is 28.7 Å². The van der Waals surface area contributed by atoms with E-state index in [0.29, 0.717) is 22.8 Å². The van der Waals surface area contributed by atoms with Crippen molar-refractivity contribution in [1.82, 2.24) is 10.2 Å². The summed E-state index contributed by atoms with van der Waals surface area (Å²) in [4.78, 5) is 12.6. The van der Waals surface area contributed by atoms with Crippen LogP contribution in [-0.2, 0) is 10.2 Å². The number of thioether (sulfide) groups is 1. The molecule has 1 N–H and O–H groups in total. The molecule has 3 rings (SSSR count). The fraction of sp³-hybridized carbons (Fsp3) is 0.375. The number of benzene rings is 2. The average molecular weight is 472 g/mol. The number of aromatic nitrogens is 2. The minimum atomic E-state index is -0.444. The summed E-state index contributed by atoms with van der Waals surface area (Å²) < 4.78 is 21.9. The van der Waals surface area contributed by atoms with Crippen molar-refractivity contribution in [2.24, 2.45) is 0 Å². The lowest BCUT2D eigenvalue weighted by atomic mass is 9.87. The number of nitrogens with zero attached hydrogens (tertiary/aromatic N) is 2. The van der Waals surface area contributed by atoms with E-state index in [1.165, 1.54) is 38.7 Å². The Morgan fingerprint density at radius 3 is 2.12 bits per heavy atom. The first kappa shape index (κ1) is 24.4. The number of methoxy groups -OCH3 is 3. The Kier molecular flexibility index (Phi) is 7.53. The number of hydrogen-bond donors (Lipinski definition) is 1. The van der Waals surface area contributed by atoms with E-state index in [1.54, 1.807) is 19.1 Å². The number of nitrogens with one attached hydrogen (secondary N) is 1. The predicted octanol–water partition coefficient (Wildman–Crippen LogP) is 5.18. The van der Waals surface area contributed by atoms with Crippen molar-refractivity contribution in [2.45, 2.75) is 43.6 Å². The fourth-order valence-electron chi connectivity index (χ4n) is 3.08. The molecule has 1 atom stereocenters. The molecule has 1 amide bonds. The lowest BCUT2D eigenvalue weighted by Crippen LogP contribution is -2.22. The Labute approximate surface area is 198 Å². The smallest absolute Gasteiger partial charge is 0.277 e. The summed E-state index contributed by atoms with van der Waals surface area (Å²) in [6, 6.07) is 11.3. The maximum Gasteiger partial charge on any atom is 0.277 e. The van der Waals surface area contributed by atoms with Crippen LogP contribution in [0.4, 0.5) is 5.69 Å². The Hall–Kier alpha value is -3.20. The molecular weight excluding hydrogens is 442 g/mol. The summed E-state index contributed by atoms with van der Waals surface area (Å²) in [5.74, 6) is 1.55. The number of rotatable bonds is 8. The van der Waals surface area contributed by atoms with Gasteiger partial charge in [-0.1, -0.05) is 44.7 Å². The summed E-state index contributed by atoms with van der Waals surface area (Å²) in [5.41, 5.74) is 2.61. The Balaban J connectivity index is 1.69. The molecule has 3 aromatic rings. The summed E-state index contributed by atoms with van der Waals surface area (Å²) in [6.07, 6.45) is 0. The molecule has 2 aromatic carbocycles. The zero-order valence-corrected chi connectivity index (χ0v) is 20.7. The van der Waals surface area contributed by atoms with Gasteiger partial charge >= 0.3 is 0 Å². The predicted molar refractivity (Wildman–Crippen MR) is 128 cm³/mol. The minimum absolute atomic E-state index is 0.0548. The van der Waals surface area contributed by atoms with E-state index < -0.39 is 5.25 Å². The summed E-state index contributed by atoms with van der Waals surface area (Å²) >= 11 is 1.18. The third kappa shape index (κ3) is 5.78. The highest BCUT2D eigenvalue weighted by Gasteiger charge is 2.21. The van der Waals surface area contributed by atoms with Crippen molar-refractivity contribution >= 4 is 23.4 Å². The molecule has 1 aromatic heterocycles. The van der Waals surface area contributed by atoms with E-state index in [0.717, 1.165) is 5.69 Å². The second kappa shape index (κ2) is 10.2. The third-order valence-corrected chi connectivity index (χ3v) is 5.92. The first-order chi connectivity index (χ1) is 15.7. The van der Waals surface area contributed by atoms with E-state index in [9.17, 15) is 4.79 Å². The molecule has 0 aliphatic rings. The van der Waals surface area contributed by atoms with E-state index in [2.05, 4.69) is 36.3 Å². The third-order valence-electron chi connectivity index (χ3n) is 4.98. The number of hydrogen-bond acceptors (Lipinski definition) is 8. The minimum Gasteiger partial charge on any atom is -0.493 e. The van der Waals surface area contributed by atoms with Crippen LogP contribution in [-0.4, -0.2) is 42.7 Å². The topological polar surface area (TPSA) is 95.7 Å². The van der Waals surface area contributed by atoms with Gasteiger partial charge in [0.05, 0.1) is 26.6 Å². The highest BCUT2D eigenvalue weighted by Crippen LogP contribution is 2.41. The van der Waals surface area contributed by atoms with E-state index in [4.69, 9.17) is 18.6 Å². The van der Waals surface area contributed by atoms with Gasteiger partial charge < -0.3 is 23.9 Å². The van der Waals surface area contributed by atoms with Crippen molar-refractivity contribution in [2.75, 3.05) is 26.6 Å². The molecule has 0 saturated heterocycles. The number of ether oxygens (including phenoxy) is 3. The van der Waals surface area contributed by atoms with E-state index in [-0.39, 0.29) is 22.4 Å². The van der Waals surface area contributed by atoms with Crippen LogP contribution in [0.1, 0.15) is 33.3 Å². The maximum atomic E-state index is 12.6. The highest BCUT2D eigenvalue weighted by molar-refractivity contribution is 8.00. The van der Waals surface area contributed by atoms with Crippen molar-refractivity contribution in [3.05, 3.63) is 42.0 Å². The zero-order valence-electron chi connectivity index (χ0n) is 19.9. The van der Waals surface area contributed by atoms with Gasteiger partial charge in [-0.15, -0.1) is 10.2 Å². The second-order valence-electron chi connectivity index (χ2n) is 8.36. The van der Waals surface area contributed by atoms with Crippen molar-refractivity contribution in [3.63, 3.8) is 0 Å². The molecular formula is C24H29N3O5S. The largest absolute Gasteiger partial charge is 0.493 e. The van der Waals surface area contributed by atoms with Crippen LogP contribution in [0.15, 0.2) is 46.0 Å². The summed E-state index contributed by atoms with van der Waals surface area (Å²) in [6.45, 7) is 8.23. The van der Waals surface area contributed by atoms with Gasteiger partial charge in [-0.05, 0) is 42.2 Å². The van der Waals surface area contributed by atoms with Crippen LogP contribution >= 0.6 is 11.8 Å². The second-order valence-corrected chi connectivity index (χ2v) is 9.66. The van der Waals surface area contributed by atoms with E-state index >= 15 is 0 Å². The van der Waals surface area contributed by atoms with Gasteiger partial charge in [-0.2, -0.15) is 0 Å². The quantitative estimate of drug-likeness (QED) is 0.449. The molecule has 1 heterocycles. The van der Waals surface area contributed by atoms with Crippen molar-refractivity contribution in [1.29, 1.82) is 0 Å². The number of carbonyl (C=O) groups excluding carboxylic acids is 1. The molecule has 8 nitrogen and oxygen atoms in total. The number of amides is 1. The molecule has 0 saturated carbocycles. The first-order valence-electron chi connectivity index (χ1n) is 10.4. The van der Waals surface area contributed by atoms with Crippen LogP contribution in [0.25, 0.3) is 11.5 Å². The van der Waals surface area contributed by atoms with Gasteiger partial charge in [0.15, 0.2) is 11.5 Å². The molecule has 0 bridgehead atoms. The molecule has 0 radical (unpaired) electrons. The van der Waals surface area contributed by atoms with Gasteiger partial charge in [0, 0.05) is 11.3 Å². The average Bonchev–Trinajstić information content (AvgIpc) is 3.26. The van der Waals surface area contributed by atoms with Gasteiger partial charge in [0.25, 0.3) is 5.22 Å². The number of anilines is 1. The molecule has 0 fully saturated rings. The molecule has 176 valence electrons. The number of carbonyl (C=O) groups is 1. The van der Waals surface area contributed by atoms with Crippen LogP contribution in [0.2, 0.25) is 0 Å². The normalized spacial score (nSPS) is 12.2. The van der Waals surface area contributed by atoms with Crippen LogP contribution < -0.4 is 19.5 Å². The Morgan fingerprint density at radius 2 is 1.61 bits per heavy atom. The summed E-state index contributed by atoms with van der Waals surface area (Å²) in [5, 5.41) is 10.9. The molecule has 0 aliphatic carbocycles. The zero-order chi connectivity index (χ0) is 24.2. The van der Waals surface area contributed by atoms with Crippen LogP contribution in [0, 0.1) is 0 Å². The maximum absolute atomic E-state index is 12.6. The standard InChI is InChI=1S/C24H29N3O5S/c1-14(21(28)25-17-10-8-16(9-11-17)24(2,3)4)33-23-27-26-22(32-23)15-12-18(29-5)20(31-7)19(13-15)30-6/h8-14H,1-7H3,(H,25,28). The van der Waals surface area contributed by atoms with E-state index in [1.807, 2.05) is 24.3 Å². The molecule has 33 heavy (non-hydrogen) atoms. The molecule has 9 heteroatoms. The van der Waals surface area contributed by atoms with Crippen LogP contribution in [0.3, 0.4) is 0 Å². The summed E-state index contributed by atoms with van der Waals surface area (Å²) in [7, 11) is 4.60. The first-order valence-corrected chi connectivity index (χ1v) is 11.3. The molecule has 0 spiro atoms. The highest BCUT2D eigenvalue weighted by atomic mass is 32.2. The van der Waals surface area contributed by atoms with Gasteiger partial charge in [-0.3, -0.25) is 4.79 Å². The molecule has 1 unspecified atom stereocenters. The lowest BCUT2D eigenvalue weighted by molar-refractivity contribution is -0.115. The van der Waals surface area contributed by atoms with Crippen molar-refractivity contribution < 1.29 is 23.4 Å². The monoisotopic (exact) mass is 471 g/mol. The van der Waals surface area contributed by atoms with Gasteiger partial charge in [-0.25, -0.2) is 0 Å².